The van der Waals surface area contributed by atoms with Crippen LogP contribution in [0.3, 0.4) is 0 Å². The molecule has 1 N–H and O–H groups in total. The number of rotatable bonds is 7. The van der Waals surface area contributed by atoms with Gasteiger partial charge in [-0.3, -0.25) is 9.69 Å². The Morgan fingerprint density at radius 1 is 1.22 bits per heavy atom. The third-order valence-corrected chi connectivity index (χ3v) is 4.02. The van der Waals surface area contributed by atoms with E-state index in [1.54, 1.807) is 7.11 Å². The zero-order chi connectivity index (χ0) is 16.7. The van der Waals surface area contributed by atoms with Gasteiger partial charge >= 0.3 is 0 Å². The number of ether oxygens (including phenoxy) is 1. The summed E-state index contributed by atoms with van der Waals surface area (Å²) in [7, 11) is 1.61. The Kier molecular flexibility index (Phi) is 6.62. The molecule has 0 saturated heterocycles. The van der Waals surface area contributed by atoms with Gasteiger partial charge in [0.2, 0.25) is 5.91 Å². The van der Waals surface area contributed by atoms with Crippen molar-refractivity contribution in [2.24, 2.45) is 0 Å². The van der Waals surface area contributed by atoms with Crippen LogP contribution in [-0.4, -0.2) is 31.0 Å². The molecule has 0 spiro atoms. The van der Waals surface area contributed by atoms with Crippen LogP contribution >= 0.6 is 15.9 Å². The highest BCUT2D eigenvalue weighted by atomic mass is 79.9. The molecule has 0 aliphatic rings. The quantitative estimate of drug-likeness (QED) is 0.795. The van der Waals surface area contributed by atoms with Gasteiger partial charge in [0.05, 0.1) is 13.7 Å². The number of halogens is 1. The number of amides is 1. The molecule has 122 valence electrons. The van der Waals surface area contributed by atoms with E-state index >= 15 is 0 Å². The Morgan fingerprint density at radius 3 is 2.61 bits per heavy atom. The number of carbonyl (C=O) groups excluding carboxylic acids is 1. The highest BCUT2D eigenvalue weighted by Gasteiger charge is 2.10. The SMILES string of the molecule is CCN(CC(=O)Nc1cccc(OC)c1)Cc1ccc(Br)cc1. The molecule has 0 aromatic heterocycles. The van der Waals surface area contributed by atoms with E-state index in [1.165, 1.54) is 5.56 Å². The van der Waals surface area contributed by atoms with Crippen molar-refractivity contribution >= 4 is 27.5 Å². The van der Waals surface area contributed by atoms with Crippen LogP contribution in [-0.2, 0) is 11.3 Å². The summed E-state index contributed by atoms with van der Waals surface area (Å²) in [6.45, 7) is 3.96. The largest absolute Gasteiger partial charge is 0.497 e. The van der Waals surface area contributed by atoms with E-state index in [9.17, 15) is 4.79 Å². The number of carbonyl (C=O) groups is 1. The van der Waals surface area contributed by atoms with Gasteiger partial charge in [0.1, 0.15) is 5.75 Å². The highest BCUT2D eigenvalue weighted by Crippen LogP contribution is 2.17. The van der Waals surface area contributed by atoms with Crippen molar-refractivity contribution in [3.8, 4) is 5.75 Å². The monoisotopic (exact) mass is 376 g/mol. The molecule has 0 aliphatic heterocycles. The summed E-state index contributed by atoms with van der Waals surface area (Å²) in [5, 5.41) is 2.91. The second kappa shape index (κ2) is 8.70. The maximum absolute atomic E-state index is 12.2. The number of hydrogen-bond donors (Lipinski definition) is 1. The van der Waals surface area contributed by atoms with Gasteiger partial charge in [0.25, 0.3) is 0 Å². The van der Waals surface area contributed by atoms with E-state index in [1.807, 2.05) is 36.4 Å². The van der Waals surface area contributed by atoms with Gasteiger partial charge in [0, 0.05) is 22.8 Å². The van der Waals surface area contributed by atoms with Gasteiger partial charge in [-0.15, -0.1) is 0 Å². The van der Waals surface area contributed by atoms with E-state index in [-0.39, 0.29) is 5.91 Å². The first-order chi connectivity index (χ1) is 11.1. The predicted molar refractivity (Wildman–Crippen MR) is 96.7 cm³/mol. The van der Waals surface area contributed by atoms with Crippen molar-refractivity contribution in [2.75, 3.05) is 25.5 Å². The predicted octanol–water partition coefficient (Wildman–Crippen LogP) is 3.92. The summed E-state index contributed by atoms with van der Waals surface area (Å²) in [6.07, 6.45) is 0. The fourth-order valence-electron chi connectivity index (χ4n) is 2.23. The first-order valence-corrected chi connectivity index (χ1v) is 8.30. The molecule has 0 atom stereocenters. The molecule has 0 saturated carbocycles. The zero-order valence-electron chi connectivity index (χ0n) is 13.4. The summed E-state index contributed by atoms with van der Waals surface area (Å²) in [5.41, 5.74) is 1.93. The van der Waals surface area contributed by atoms with Crippen molar-refractivity contribution in [2.45, 2.75) is 13.5 Å². The zero-order valence-corrected chi connectivity index (χ0v) is 15.0. The summed E-state index contributed by atoms with van der Waals surface area (Å²) in [6, 6.07) is 15.5. The van der Waals surface area contributed by atoms with Gasteiger partial charge in [-0.1, -0.05) is 41.1 Å². The number of benzene rings is 2. The maximum Gasteiger partial charge on any atom is 0.238 e. The molecule has 0 unspecified atom stereocenters. The fourth-order valence-corrected chi connectivity index (χ4v) is 2.50. The molecule has 2 aromatic rings. The minimum Gasteiger partial charge on any atom is -0.497 e. The number of methoxy groups -OCH3 is 1. The first-order valence-electron chi connectivity index (χ1n) is 7.51. The Morgan fingerprint density at radius 2 is 1.96 bits per heavy atom. The first kappa shape index (κ1) is 17.5. The lowest BCUT2D eigenvalue weighted by Crippen LogP contribution is -2.32. The van der Waals surface area contributed by atoms with Crippen LogP contribution in [0.4, 0.5) is 5.69 Å². The van der Waals surface area contributed by atoms with Gasteiger partial charge in [-0.2, -0.15) is 0 Å². The minimum absolute atomic E-state index is 0.0304. The third-order valence-electron chi connectivity index (χ3n) is 3.49. The molecule has 0 radical (unpaired) electrons. The molecule has 0 bridgehead atoms. The Hall–Kier alpha value is -1.85. The van der Waals surface area contributed by atoms with Gasteiger partial charge < -0.3 is 10.1 Å². The molecule has 5 heteroatoms. The van der Waals surface area contributed by atoms with Crippen LogP contribution in [0.25, 0.3) is 0 Å². The molecule has 2 aromatic carbocycles. The minimum atomic E-state index is -0.0304. The van der Waals surface area contributed by atoms with Crippen molar-refractivity contribution < 1.29 is 9.53 Å². The lowest BCUT2D eigenvalue weighted by atomic mass is 10.2. The summed E-state index contributed by atoms with van der Waals surface area (Å²) < 4.78 is 6.22. The molecule has 23 heavy (non-hydrogen) atoms. The van der Waals surface area contributed by atoms with Crippen molar-refractivity contribution in [3.63, 3.8) is 0 Å². The van der Waals surface area contributed by atoms with E-state index in [2.05, 4.69) is 45.2 Å². The molecular weight excluding hydrogens is 356 g/mol. The second-order valence-electron chi connectivity index (χ2n) is 5.21. The number of nitrogens with zero attached hydrogens (tertiary/aromatic N) is 1. The highest BCUT2D eigenvalue weighted by molar-refractivity contribution is 9.10. The molecular formula is C18H21BrN2O2. The fraction of sp³-hybridized carbons (Fsp3) is 0.278. The maximum atomic E-state index is 12.2. The Bertz CT molecular complexity index is 644. The lowest BCUT2D eigenvalue weighted by Gasteiger charge is -2.20. The van der Waals surface area contributed by atoms with Crippen LogP contribution in [0.5, 0.6) is 5.75 Å². The van der Waals surface area contributed by atoms with Crippen LogP contribution in [0.2, 0.25) is 0 Å². The van der Waals surface area contributed by atoms with Crippen molar-refractivity contribution in [1.82, 2.24) is 4.90 Å². The van der Waals surface area contributed by atoms with Gasteiger partial charge in [-0.05, 0) is 36.4 Å². The summed E-state index contributed by atoms with van der Waals surface area (Å²) in [4.78, 5) is 14.3. The molecule has 0 heterocycles. The summed E-state index contributed by atoms with van der Waals surface area (Å²) >= 11 is 3.43. The molecule has 2 rings (SSSR count). The van der Waals surface area contributed by atoms with E-state index in [0.717, 1.165) is 29.0 Å². The molecule has 0 aliphatic carbocycles. The molecule has 1 amide bonds. The number of anilines is 1. The smallest absolute Gasteiger partial charge is 0.238 e. The molecule has 4 nitrogen and oxygen atoms in total. The number of nitrogens with one attached hydrogen (secondary N) is 1. The van der Waals surface area contributed by atoms with Crippen LogP contribution in [0, 0.1) is 0 Å². The van der Waals surface area contributed by atoms with Crippen molar-refractivity contribution in [1.29, 1.82) is 0 Å². The van der Waals surface area contributed by atoms with Crippen LogP contribution < -0.4 is 10.1 Å². The topological polar surface area (TPSA) is 41.6 Å². The van der Waals surface area contributed by atoms with Gasteiger partial charge in [-0.25, -0.2) is 0 Å². The average molecular weight is 377 g/mol. The van der Waals surface area contributed by atoms with Crippen LogP contribution in [0.1, 0.15) is 12.5 Å². The Labute approximate surface area is 145 Å². The summed E-state index contributed by atoms with van der Waals surface area (Å²) in [5.74, 6) is 0.697. The number of hydrogen-bond acceptors (Lipinski definition) is 3. The molecule has 0 fully saturated rings. The van der Waals surface area contributed by atoms with E-state index in [4.69, 9.17) is 4.74 Å². The van der Waals surface area contributed by atoms with Crippen molar-refractivity contribution in [3.05, 3.63) is 58.6 Å². The number of likely N-dealkylation sites (N-methyl/N-ethyl adjacent to an activating group) is 1. The van der Waals surface area contributed by atoms with E-state index in [0.29, 0.717) is 6.54 Å². The van der Waals surface area contributed by atoms with E-state index < -0.39 is 0 Å². The lowest BCUT2D eigenvalue weighted by molar-refractivity contribution is -0.117. The second-order valence-corrected chi connectivity index (χ2v) is 6.13. The third kappa shape index (κ3) is 5.69. The average Bonchev–Trinajstić information content (AvgIpc) is 2.56. The van der Waals surface area contributed by atoms with Gasteiger partial charge in [0.15, 0.2) is 0 Å². The normalized spacial score (nSPS) is 10.6. The standard InChI is InChI=1S/C18H21BrN2O2/c1-3-21(12-14-7-9-15(19)10-8-14)13-18(22)20-16-5-4-6-17(11-16)23-2/h4-11H,3,12-13H2,1-2H3,(H,20,22). The Balaban J connectivity index is 1.92. The van der Waals surface area contributed by atoms with Crippen LogP contribution in [0.15, 0.2) is 53.0 Å².